The van der Waals surface area contributed by atoms with E-state index in [2.05, 4.69) is 0 Å². The number of carbonyl (C=O) groups excluding carboxylic acids is 2. The minimum atomic E-state index is -0.465. The van der Waals surface area contributed by atoms with Gasteiger partial charge >= 0.3 is 0 Å². The van der Waals surface area contributed by atoms with Gasteiger partial charge in [0, 0.05) is 29.7 Å². The highest BCUT2D eigenvalue weighted by Gasteiger charge is 2.31. The van der Waals surface area contributed by atoms with Gasteiger partial charge in [0.2, 0.25) is 11.8 Å². The first-order chi connectivity index (χ1) is 12.0. The second-order valence-corrected chi connectivity index (χ2v) is 8.65. The number of thiocarbonyl (C=S) groups is 1. The number of carbonyl (C=O) groups is 2. The molecule has 0 radical (unpaired) electrons. The summed E-state index contributed by atoms with van der Waals surface area (Å²) in [5, 5.41) is -0.196. The van der Waals surface area contributed by atoms with Crippen molar-refractivity contribution in [2.45, 2.75) is 11.7 Å². The van der Waals surface area contributed by atoms with E-state index in [0.717, 1.165) is 12.1 Å². The van der Waals surface area contributed by atoms with Crippen LogP contribution in [-0.4, -0.2) is 57.1 Å². The first-order valence-electron chi connectivity index (χ1n) is 7.77. The van der Waals surface area contributed by atoms with Crippen molar-refractivity contribution in [1.82, 2.24) is 9.80 Å². The van der Waals surface area contributed by atoms with Crippen LogP contribution in [0.1, 0.15) is 17.2 Å². The van der Waals surface area contributed by atoms with Crippen LogP contribution in [0, 0.1) is 11.6 Å². The third kappa shape index (κ3) is 4.32. The summed E-state index contributed by atoms with van der Waals surface area (Å²) in [6, 6.07) is 3.46. The van der Waals surface area contributed by atoms with Crippen molar-refractivity contribution in [3.05, 3.63) is 35.4 Å². The Hall–Kier alpha value is -1.19. The second-order valence-electron chi connectivity index (χ2n) is 5.73. The van der Waals surface area contributed by atoms with Crippen molar-refractivity contribution in [2.75, 3.05) is 31.1 Å². The standard InChI is InChI=1S/C16H16F2N2O2S3/c17-10-1-2-12(18)11(7-10)13-3-4-19(5-6-24-13)14(21)8-20-15(22)9-25-16(20)23/h1-2,7,13H,3-6,8-9H2. The summed E-state index contributed by atoms with van der Waals surface area (Å²) >= 11 is 7.87. The minimum Gasteiger partial charge on any atom is -0.340 e. The van der Waals surface area contributed by atoms with Gasteiger partial charge in [-0.1, -0.05) is 24.0 Å². The largest absolute Gasteiger partial charge is 0.340 e. The van der Waals surface area contributed by atoms with E-state index in [-0.39, 0.29) is 29.4 Å². The summed E-state index contributed by atoms with van der Waals surface area (Å²) < 4.78 is 27.8. The van der Waals surface area contributed by atoms with Gasteiger partial charge in [0.05, 0.1) is 5.75 Å². The molecule has 134 valence electrons. The molecule has 0 saturated carbocycles. The van der Waals surface area contributed by atoms with Crippen molar-refractivity contribution in [2.24, 2.45) is 0 Å². The van der Waals surface area contributed by atoms with Gasteiger partial charge in [-0.2, -0.15) is 11.8 Å². The van der Waals surface area contributed by atoms with Gasteiger partial charge in [-0.15, -0.1) is 0 Å². The molecule has 2 heterocycles. The van der Waals surface area contributed by atoms with Gasteiger partial charge in [-0.3, -0.25) is 14.5 Å². The highest BCUT2D eigenvalue weighted by molar-refractivity contribution is 8.23. The first kappa shape index (κ1) is 18.6. The van der Waals surface area contributed by atoms with Crippen LogP contribution in [0.25, 0.3) is 0 Å². The minimum absolute atomic E-state index is 0.0473. The Morgan fingerprint density at radius 2 is 2.12 bits per heavy atom. The molecule has 2 aliphatic rings. The molecule has 0 N–H and O–H groups in total. The van der Waals surface area contributed by atoms with Crippen LogP contribution in [0.4, 0.5) is 8.78 Å². The van der Waals surface area contributed by atoms with Crippen LogP contribution in [0.2, 0.25) is 0 Å². The lowest BCUT2D eigenvalue weighted by Crippen LogP contribution is -2.43. The van der Waals surface area contributed by atoms with E-state index in [4.69, 9.17) is 12.2 Å². The predicted octanol–water partition coefficient (Wildman–Crippen LogP) is 2.83. The number of hydrogen-bond donors (Lipinski definition) is 0. The molecular formula is C16H16F2N2O2S3. The molecule has 0 aliphatic carbocycles. The number of hydrogen-bond acceptors (Lipinski definition) is 5. The van der Waals surface area contributed by atoms with E-state index in [1.165, 1.54) is 34.5 Å². The van der Waals surface area contributed by atoms with Crippen LogP contribution in [0.3, 0.4) is 0 Å². The zero-order valence-corrected chi connectivity index (χ0v) is 15.7. The maximum absolute atomic E-state index is 14.0. The van der Waals surface area contributed by atoms with Gasteiger partial charge in [-0.25, -0.2) is 8.78 Å². The van der Waals surface area contributed by atoms with Gasteiger partial charge in [0.15, 0.2) is 0 Å². The molecule has 2 saturated heterocycles. The Balaban J connectivity index is 1.63. The zero-order chi connectivity index (χ0) is 18.0. The van der Waals surface area contributed by atoms with Gasteiger partial charge in [-0.05, 0) is 24.6 Å². The van der Waals surface area contributed by atoms with E-state index >= 15 is 0 Å². The van der Waals surface area contributed by atoms with E-state index in [1.807, 2.05) is 0 Å². The Bertz CT molecular complexity index is 701. The molecule has 0 spiro atoms. The quantitative estimate of drug-likeness (QED) is 0.728. The highest BCUT2D eigenvalue weighted by Crippen LogP contribution is 2.36. The number of rotatable bonds is 3. The summed E-state index contributed by atoms with van der Waals surface area (Å²) in [5.74, 6) is -0.301. The Labute approximate surface area is 158 Å². The van der Waals surface area contributed by atoms with Crippen LogP contribution in [0.15, 0.2) is 18.2 Å². The summed E-state index contributed by atoms with van der Waals surface area (Å²) in [5.41, 5.74) is 0.339. The third-order valence-electron chi connectivity index (χ3n) is 4.13. The van der Waals surface area contributed by atoms with Gasteiger partial charge < -0.3 is 4.90 Å². The Morgan fingerprint density at radius 3 is 2.84 bits per heavy atom. The fourth-order valence-corrected chi connectivity index (χ4v) is 5.11. The lowest BCUT2D eigenvalue weighted by atomic mass is 10.1. The molecule has 0 bridgehead atoms. The second kappa shape index (κ2) is 8.01. The Kier molecular flexibility index (Phi) is 5.96. The first-order valence-corrected chi connectivity index (χ1v) is 10.2. The zero-order valence-electron chi connectivity index (χ0n) is 13.2. The van der Waals surface area contributed by atoms with Gasteiger partial charge in [0.25, 0.3) is 0 Å². The summed E-state index contributed by atoms with van der Waals surface area (Å²) in [6.07, 6.45) is 0.532. The molecule has 9 heteroatoms. The van der Waals surface area contributed by atoms with E-state index in [1.54, 1.807) is 4.90 Å². The molecule has 1 aromatic carbocycles. The molecule has 1 atom stereocenters. The van der Waals surface area contributed by atoms with Crippen LogP contribution in [-0.2, 0) is 9.59 Å². The van der Waals surface area contributed by atoms with Crippen molar-refractivity contribution >= 4 is 51.9 Å². The molecule has 2 aliphatic heterocycles. The monoisotopic (exact) mass is 402 g/mol. The number of nitrogens with zero attached hydrogens (tertiary/aromatic N) is 2. The predicted molar refractivity (Wildman–Crippen MR) is 99.5 cm³/mol. The molecule has 4 nitrogen and oxygen atoms in total. The molecular weight excluding hydrogens is 386 g/mol. The number of halogens is 2. The SMILES string of the molecule is O=C(CN1C(=O)CSC1=S)N1CCSC(c2cc(F)ccc2F)CC1. The van der Waals surface area contributed by atoms with Crippen LogP contribution >= 0.6 is 35.7 Å². The van der Waals surface area contributed by atoms with E-state index < -0.39 is 11.6 Å². The van der Waals surface area contributed by atoms with Crippen molar-refractivity contribution in [1.29, 1.82) is 0 Å². The average Bonchev–Trinajstić information content (AvgIpc) is 2.80. The molecule has 3 rings (SSSR count). The maximum atomic E-state index is 14.0. The number of benzene rings is 1. The third-order valence-corrected chi connectivity index (χ3v) is 6.88. The van der Waals surface area contributed by atoms with E-state index in [0.29, 0.717) is 35.1 Å². The fraction of sp³-hybridized carbons (Fsp3) is 0.438. The Morgan fingerprint density at radius 1 is 1.32 bits per heavy atom. The summed E-state index contributed by atoms with van der Waals surface area (Å²) in [6.45, 7) is 0.904. The van der Waals surface area contributed by atoms with Crippen LogP contribution < -0.4 is 0 Å². The number of amides is 2. The van der Waals surface area contributed by atoms with Crippen molar-refractivity contribution in [3.63, 3.8) is 0 Å². The molecule has 2 amide bonds. The normalized spacial score (nSPS) is 21.6. The van der Waals surface area contributed by atoms with Gasteiger partial charge in [0.1, 0.15) is 22.5 Å². The summed E-state index contributed by atoms with van der Waals surface area (Å²) in [7, 11) is 0. The van der Waals surface area contributed by atoms with Crippen molar-refractivity contribution < 1.29 is 18.4 Å². The molecule has 0 aromatic heterocycles. The molecule has 2 fully saturated rings. The molecule has 1 aromatic rings. The maximum Gasteiger partial charge on any atom is 0.242 e. The van der Waals surface area contributed by atoms with E-state index in [9.17, 15) is 18.4 Å². The average molecular weight is 403 g/mol. The smallest absolute Gasteiger partial charge is 0.242 e. The van der Waals surface area contributed by atoms with Crippen molar-refractivity contribution in [3.8, 4) is 0 Å². The molecule has 1 unspecified atom stereocenters. The lowest BCUT2D eigenvalue weighted by molar-refractivity contribution is -0.135. The fourth-order valence-electron chi connectivity index (χ4n) is 2.80. The topological polar surface area (TPSA) is 40.6 Å². The lowest BCUT2D eigenvalue weighted by Gasteiger charge is -2.23. The highest BCUT2D eigenvalue weighted by atomic mass is 32.2. The molecule has 25 heavy (non-hydrogen) atoms. The van der Waals surface area contributed by atoms with Crippen LogP contribution in [0.5, 0.6) is 0 Å². The number of thioether (sulfide) groups is 2. The summed E-state index contributed by atoms with van der Waals surface area (Å²) in [4.78, 5) is 27.2.